The Labute approximate surface area is 690 Å². The second kappa shape index (κ2) is 39.4. The molecule has 612 valence electrons. The van der Waals surface area contributed by atoms with Crippen molar-refractivity contribution in [1.29, 1.82) is 0 Å². The third-order valence-electron chi connectivity index (χ3n) is 19.5. The van der Waals surface area contributed by atoms with Crippen molar-refractivity contribution in [3.8, 4) is 34.5 Å². The van der Waals surface area contributed by atoms with Gasteiger partial charge in [0, 0.05) is 77.5 Å². The van der Waals surface area contributed by atoms with Crippen LogP contribution in [0.25, 0.3) is 0 Å². The van der Waals surface area contributed by atoms with E-state index in [0.717, 1.165) is 39.8 Å². The van der Waals surface area contributed by atoms with Gasteiger partial charge in [-0.15, -0.1) is 0 Å². The summed E-state index contributed by atoms with van der Waals surface area (Å²) >= 11 is 31.5. The number of halogens is 5. The van der Waals surface area contributed by atoms with E-state index in [-0.39, 0.29) is 51.0 Å². The maximum Gasteiger partial charge on any atom is 0.500 e. The molecule has 1 amide bonds. The Morgan fingerprint density at radius 2 is 0.491 bits per heavy atom. The highest BCUT2D eigenvalue weighted by Gasteiger charge is 2.40. The number of amides is 1. The molecule has 0 radical (unpaired) electrons. The SMILES string of the molecule is CCO[Si](CCCNCCNC(=O)COc1c2cc(C(C)(C)C)cc1Cc1cc(C(C)(C)C)cc(c1OCC(=O)Cl)Cc1cc(C(C)(C)C)cc(c1OCC(=O)Cl)Cc1cc(C(C)(C)C)cc(c1OCC(=O)Cl)Cc1cc(C(C)(C)C)cc(c1OCC(=O)Cl)Cc1cc(C(C)(C)C)cc(c1OCC(=O)Cl)C2)(OCC)OCC. The smallest absolute Gasteiger partial charge is 0.484 e. The van der Waals surface area contributed by atoms with Gasteiger partial charge in [-0.2, -0.15) is 0 Å². The number of hydrogen-bond donors (Lipinski definition) is 2. The van der Waals surface area contributed by atoms with Crippen LogP contribution in [0, 0.1) is 0 Å². The lowest BCUT2D eigenvalue weighted by atomic mass is 9.79. The number of rotatable bonds is 31. The fourth-order valence-electron chi connectivity index (χ4n) is 13.7. The number of carbonyl (C=O) groups is 6. The van der Waals surface area contributed by atoms with Crippen molar-refractivity contribution in [2.24, 2.45) is 0 Å². The van der Waals surface area contributed by atoms with Crippen LogP contribution in [0.2, 0.25) is 6.04 Å². The summed E-state index contributed by atoms with van der Waals surface area (Å²) in [5.74, 6) is 1.74. The molecule has 6 aromatic rings. The molecule has 0 aromatic heterocycles. The lowest BCUT2D eigenvalue weighted by Crippen LogP contribution is -2.46. The Hall–Kier alpha value is -6.55. The molecule has 1 aliphatic rings. The Bertz CT molecular complexity index is 4140. The molecule has 0 unspecified atom stereocenters. The molecule has 0 saturated carbocycles. The summed E-state index contributed by atoms with van der Waals surface area (Å²) < 4.78 is 59.1. The Kier molecular flexibility index (Phi) is 32.6. The molecule has 0 fully saturated rings. The van der Waals surface area contributed by atoms with E-state index in [4.69, 9.17) is 99.7 Å². The van der Waals surface area contributed by atoms with Gasteiger partial charge < -0.3 is 52.3 Å². The number of benzene rings is 6. The molecule has 2 N–H and O–H groups in total. The lowest BCUT2D eigenvalue weighted by Gasteiger charge is -2.29. The topological polar surface area (TPSA) is 210 Å². The first-order chi connectivity index (χ1) is 52.1. The largest absolute Gasteiger partial charge is 0.500 e. The summed E-state index contributed by atoms with van der Waals surface area (Å²) in [6.07, 6.45) is 1.35. The highest BCUT2D eigenvalue weighted by Crippen LogP contribution is 2.47. The van der Waals surface area contributed by atoms with Gasteiger partial charge in [-0.1, -0.05) is 197 Å². The van der Waals surface area contributed by atoms with Crippen LogP contribution < -0.4 is 39.1 Å². The third-order valence-corrected chi connectivity index (χ3v) is 23.2. The van der Waals surface area contributed by atoms with Crippen LogP contribution in [0.5, 0.6) is 34.5 Å². The summed E-state index contributed by atoms with van der Waals surface area (Å²) in [4.78, 5) is 80.6. The number of ether oxygens (including phenoxy) is 6. The summed E-state index contributed by atoms with van der Waals surface area (Å²) in [6, 6.07) is 25.4. The second-order valence-electron chi connectivity index (χ2n) is 35.0. The second-order valence-corrected chi connectivity index (χ2v) is 39.8. The van der Waals surface area contributed by atoms with Crippen molar-refractivity contribution in [1.82, 2.24) is 10.6 Å². The van der Waals surface area contributed by atoms with Crippen molar-refractivity contribution >= 4 is 98.9 Å². The summed E-state index contributed by atoms with van der Waals surface area (Å²) in [5.41, 5.74) is 10.1. The van der Waals surface area contributed by atoms with Gasteiger partial charge in [-0.25, -0.2) is 0 Å². The molecular formula is C89H117Cl5N2O15Si. The van der Waals surface area contributed by atoms with Gasteiger partial charge in [0.15, 0.2) is 39.6 Å². The van der Waals surface area contributed by atoms with E-state index in [9.17, 15) is 28.8 Å². The van der Waals surface area contributed by atoms with Crippen LogP contribution in [0.3, 0.4) is 0 Å². The number of nitrogens with one attached hydrogen (secondary N) is 2. The van der Waals surface area contributed by atoms with Crippen molar-refractivity contribution in [3.05, 3.63) is 173 Å². The van der Waals surface area contributed by atoms with Crippen LogP contribution in [0.4, 0.5) is 0 Å². The van der Waals surface area contributed by atoms with Crippen LogP contribution >= 0.6 is 58.0 Å². The first-order valence-electron chi connectivity index (χ1n) is 38.7. The van der Waals surface area contributed by atoms with Crippen molar-refractivity contribution in [3.63, 3.8) is 0 Å². The van der Waals surface area contributed by atoms with E-state index in [1.54, 1.807) is 0 Å². The maximum absolute atomic E-state index is 14.5. The van der Waals surface area contributed by atoms with Crippen LogP contribution in [-0.2, 0) is 113 Å². The first-order valence-corrected chi connectivity index (χ1v) is 42.5. The minimum atomic E-state index is -2.87. The van der Waals surface area contributed by atoms with Crippen molar-refractivity contribution in [2.75, 3.05) is 79.1 Å². The zero-order chi connectivity index (χ0) is 83.2. The van der Waals surface area contributed by atoms with Gasteiger partial charge in [-0.3, -0.25) is 28.8 Å². The molecule has 12 bridgehead atoms. The van der Waals surface area contributed by atoms with E-state index < -0.39 is 107 Å². The molecule has 0 atom stereocenters. The molecular weight excluding hydrogens is 1540 g/mol. The molecule has 23 heteroatoms. The fraction of sp³-hybridized carbons (Fsp3) is 0.528. The van der Waals surface area contributed by atoms with Gasteiger partial charge in [0.05, 0.1) is 0 Å². The van der Waals surface area contributed by atoms with Crippen LogP contribution in [0.15, 0.2) is 72.8 Å². The van der Waals surface area contributed by atoms with E-state index in [1.807, 2.05) is 20.8 Å². The Morgan fingerprint density at radius 1 is 0.304 bits per heavy atom. The fourth-order valence-corrected chi connectivity index (χ4v) is 16.6. The summed E-state index contributed by atoms with van der Waals surface area (Å²) in [7, 11) is -2.87. The highest BCUT2D eigenvalue weighted by molar-refractivity contribution is 6.65. The molecule has 112 heavy (non-hydrogen) atoms. The standard InChI is InChI=1S/C89H117Cl5N2O15Si/c1-22-109-112(110-23-2,111-24-3)29-25-26-95-27-28-96-77(102)53-108-83-64-34-62-44-69(87(13,14)15)42-60(81(62)106-51-75(93)100)32-58-40-67(85(7,8)9)38-56(79(58)104-49-73(91)98)30-54-36-66(84(4,5)6)37-55(78(54)103-48-72(90)97)31-57-39-68(86(10,11)12)41-59(80(57)105-50-74(92)99)33-61-43-70(88(16,17)18)45-63(82(61)107-52-76(94)101)35-65(83)47-71(46-64)89(19,20)21/h36-47,95H,22-35,48-53H2,1-21H3,(H,96,102). The van der Waals surface area contributed by atoms with E-state index >= 15 is 0 Å². The predicted octanol–water partition coefficient (Wildman–Crippen LogP) is 18.6. The number of carbonyl (C=O) groups excluding carboxylic acids is 6. The van der Waals surface area contributed by atoms with Gasteiger partial charge in [0.2, 0.25) is 0 Å². The zero-order valence-electron chi connectivity index (χ0n) is 69.6. The summed E-state index contributed by atoms with van der Waals surface area (Å²) in [6.45, 7) is 43.6. The van der Waals surface area contributed by atoms with Gasteiger partial charge >= 0.3 is 8.80 Å². The molecule has 1 aliphatic carbocycles. The highest BCUT2D eigenvalue weighted by atomic mass is 35.5. The predicted molar refractivity (Wildman–Crippen MR) is 451 cm³/mol. The Balaban J connectivity index is 1.66. The number of hydrogen-bond acceptors (Lipinski definition) is 16. The Morgan fingerprint density at radius 3 is 0.661 bits per heavy atom. The molecule has 0 heterocycles. The van der Waals surface area contributed by atoms with Gasteiger partial charge in [0.25, 0.3) is 32.1 Å². The zero-order valence-corrected chi connectivity index (χ0v) is 74.4. The molecule has 6 aromatic carbocycles. The average molecular weight is 1660 g/mol. The lowest BCUT2D eigenvalue weighted by molar-refractivity contribution is -0.123. The molecule has 7 rings (SSSR count). The van der Waals surface area contributed by atoms with E-state index in [0.29, 0.717) is 140 Å². The third kappa shape index (κ3) is 26.5. The molecule has 0 saturated heterocycles. The van der Waals surface area contributed by atoms with Crippen molar-refractivity contribution < 1.29 is 70.5 Å². The maximum atomic E-state index is 14.5. The normalized spacial score (nSPS) is 13.2. The van der Waals surface area contributed by atoms with E-state index in [2.05, 4.69) is 208 Å². The number of fused-ring (bicyclic) bond motifs is 12. The first kappa shape index (κ1) is 92.6. The van der Waals surface area contributed by atoms with E-state index in [1.165, 1.54) is 0 Å². The van der Waals surface area contributed by atoms with Gasteiger partial charge in [-0.05, 0) is 224 Å². The molecule has 0 spiro atoms. The van der Waals surface area contributed by atoms with Crippen LogP contribution in [0.1, 0.15) is 252 Å². The molecule has 0 aliphatic heterocycles. The quantitative estimate of drug-likeness (QED) is 0.0235. The minimum Gasteiger partial charge on any atom is -0.484 e. The molecule has 17 nitrogen and oxygen atoms in total. The van der Waals surface area contributed by atoms with Gasteiger partial charge in [0.1, 0.15) is 34.5 Å². The monoisotopic (exact) mass is 1660 g/mol. The van der Waals surface area contributed by atoms with Crippen molar-refractivity contribution in [2.45, 2.75) is 229 Å². The minimum absolute atomic E-state index is 0.102. The average Bonchev–Trinajstić information content (AvgIpc) is 0.765. The van der Waals surface area contributed by atoms with Crippen LogP contribution in [-0.4, -0.2) is 120 Å². The summed E-state index contributed by atoms with van der Waals surface area (Å²) in [5, 5.41) is 2.77.